The molecular weight excluding hydrogens is 420 g/mol. The molecule has 1 heterocycles. The molecule has 0 bridgehead atoms. The molecule has 0 aromatic carbocycles. The summed E-state index contributed by atoms with van der Waals surface area (Å²) in [7, 11) is 0. The number of hydrogen-bond donors (Lipinski definition) is 0. The second kappa shape index (κ2) is 6.53. The monoisotopic (exact) mass is 436 g/mol. The van der Waals surface area contributed by atoms with Gasteiger partial charge in [-0.05, 0) is 73.4 Å². The summed E-state index contributed by atoms with van der Waals surface area (Å²) >= 11 is 6.29. The van der Waals surface area contributed by atoms with E-state index in [0.717, 1.165) is 0 Å². The lowest BCUT2D eigenvalue weighted by Crippen LogP contribution is -2.15. The predicted molar refractivity (Wildman–Crippen MR) is 88.4 cm³/mol. The van der Waals surface area contributed by atoms with E-state index in [9.17, 15) is 10.4 Å². The second-order valence-corrected chi connectivity index (χ2v) is 8.04. The Labute approximate surface area is 145 Å². The molecule has 1 aromatic heterocycles. The van der Waals surface area contributed by atoms with E-state index in [1.54, 1.807) is 41.5 Å². The Morgan fingerprint density at radius 3 is 1.36 bits per heavy atom. The Kier molecular flexibility index (Phi) is 5.61. The molecule has 0 unspecified atom stereocenters. The lowest BCUT2D eigenvalue weighted by atomic mass is 10.1. The third-order valence-corrected chi connectivity index (χ3v) is 2.99. The van der Waals surface area contributed by atoms with Crippen molar-refractivity contribution in [2.24, 2.45) is 10.2 Å². The molecule has 0 fully saturated rings. The topological polar surface area (TPSA) is 103 Å². The Hall–Kier alpha value is -1.16. The maximum absolute atomic E-state index is 12.1. The molecule has 0 N–H and O–H groups in total. The number of nitrogens with zero attached hydrogens (tertiary/aromatic N) is 6. The quantitative estimate of drug-likeness (QED) is 0.377. The highest BCUT2D eigenvalue weighted by atomic mass is 79.9. The first-order valence-corrected chi connectivity index (χ1v) is 8.02. The molecule has 8 nitrogen and oxygen atoms in total. The fourth-order valence-corrected chi connectivity index (χ4v) is 2.34. The van der Waals surface area contributed by atoms with Gasteiger partial charge in [-0.3, -0.25) is 0 Å². The number of halogens is 2. The zero-order chi connectivity index (χ0) is 17.3. The van der Waals surface area contributed by atoms with Crippen LogP contribution in [0.1, 0.15) is 41.5 Å². The van der Waals surface area contributed by atoms with Crippen LogP contribution in [0, 0.1) is 10.4 Å². The minimum atomic E-state index is -0.594. The van der Waals surface area contributed by atoms with Gasteiger partial charge in [0.05, 0.1) is 11.1 Å². The van der Waals surface area contributed by atoms with E-state index in [0.29, 0.717) is 9.72 Å². The zero-order valence-corrected chi connectivity index (χ0v) is 16.4. The highest BCUT2D eigenvalue weighted by Crippen LogP contribution is 2.30. The third kappa shape index (κ3) is 5.56. The molecule has 122 valence electrons. The van der Waals surface area contributed by atoms with Crippen LogP contribution < -0.4 is 0 Å². The van der Waals surface area contributed by atoms with E-state index < -0.39 is 11.1 Å². The number of azo groups is 2. The van der Waals surface area contributed by atoms with Crippen molar-refractivity contribution >= 4 is 43.5 Å². The summed E-state index contributed by atoms with van der Waals surface area (Å²) in [5, 5.41) is 32.1. The van der Waals surface area contributed by atoms with Gasteiger partial charge in [0.2, 0.25) is 9.21 Å². The minimum Gasteiger partial charge on any atom is -0.691 e. The molecule has 0 saturated carbocycles. The molecule has 0 spiro atoms. The number of hydrogen-bond acceptors (Lipinski definition) is 6. The van der Waals surface area contributed by atoms with Gasteiger partial charge < -0.3 is 10.4 Å². The highest BCUT2D eigenvalue weighted by Gasteiger charge is 2.26. The maximum atomic E-state index is 12.1. The van der Waals surface area contributed by atoms with Crippen molar-refractivity contribution in [1.82, 2.24) is 9.97 Å². The van der Waals surface area contributed by atoms with Gasteiger partial charge in [-0.2, -0.15) is 0 Å². The lowest BCUT2D eigenvalue weighted by molar-refractivity contribution is -0.467. The lowest BCUT2D eigenvalue weighted by Gasteiger charge is -2.15. The second-order valence-electron chi connectivity index (χ2n) is 6.54. The van der Waals surface area contributed by atoms with Crippen LogP contribution in [-0.2, 0) is 0 Å². The summed E-state index contributed by atoms with van der Waals surface area (Å²) in [5.41, 5.74) is -1.19. The Morgan fingerprint density at radius 2 is 1.09 bits per heavy atom. The smallest absolute Gasteiger partial charge is 0.384 e. The van der Waals surface area contributed by atoms with Crippen LogP contribution in [0.4, 0.5) is 11.6 Å². The number of rotatable bonds is 2. The van der Waals surface area contributed by atoms with E-state index in [-0.39, 0.29) is 20.8 Å². The van der Waals surface area contributed by atoms with Crippen molar-refractivity contribution in [1.29, 1.82) is 0 Å². The van der Waals surface area contributed by atoms with Crippen LogP contribution in [0.25, 0.3) is 0 Å². The molecule has 0 atom stereocenters. The molecule has 0 aliphatic rings. The first-order valence-electron chi connectivity index (χ1n) is 6.43. The Bertz CT molecular complexity index is 580. The number of aromatic nitrogens is 2. The third-order valence-electron chi connectivity index (χ3n) is 1.92. The zero-order valence-electron chi connectivity index (χ0n) is 13.3. The standard InChI is InChI=1S/C12H18Br2N6O2/c1-11(2,3)17-19(21)9-7(13)15-8(14)10(16-9)20(22)18-12(4,5)6/h1-6H3/b19-17-,20-18-. The van der Waals surface area contributed by atoms with E-state index in [1.807, 2.05) is 0 Å². The van der Waals surface area contributed by atoms with Gasteiger partial charge in [0, 0.05) is 4.98 Å². The average Bonchev–Trinajstić information content (AvgIpc) is 2.23. The van der Waals surface area contributed by atoms with Gasteiger partial charge >= 0.3 is 11.6 Å². The van der Waals surface area contributed by atoms with Crippen LogP contribution >= 0.6 is 31.9 Å². The molecule has 10 heteroatoms. The van der Waals surface area contributed by atoms with Crippen molar-refractivity contribution < 1.29 is 9.72 Å². The summed E-state index contributed by atoms with van der Waals surface area (Å²) in [4.78, 5) is 8.76. The SMILES string of the molecule is CC(C)(C)/N=[N+](\[O-])c1nc(/[N+]([O-])=N/C(C)(C)C)c(Br)nc1Br. The average molecular weight is 438 g/mol. The van der Waals surface area contributed by atoms with Crippen LogP contribution in [-0.4, -0.2) is 30.8 Å². The van der Waals surface area contributed by atoms with Crippen molar-refractivity contribution in [2.45, 2.75) is 52.6 Å². The van der Waals surface area contributed by atoms with Crippen LogP contribution in [0.5, 0.6) is 0 Å². The van der Waals surface area contributed by atoms with Crippen LogP contribution in [0.2, 0.25) is 0 Å². The molecule has 1 rings (SSSR count). The Balaban J connectivity index is 3.44. The van der Waals surface area contributed by atoms with Gasteiger partial charge in [0.15, 0.2) is 0 Å². The van der Waals surface area contributed by atoms with Crippen LogP contribution in [0.15, 0.2) is 19.4 Å². The predicted octanol–water partition coefficient (Wildman–Crippen LogP) is 4.79. The van der Waals surface area contributed by atoms with Crippen molar-refractivity contribution in [2.75, 3.05) is 0 Å². The summed E-state index contributed by atoms with van der Waals surface area (Å²) in [5.74, 6) is -0.226. The largest absolute Gasteiger partial charge is 0.691 e. The van der Waals surface area contributed by atoms with E-state index >= 15 is 0 Å². The molecular formula is C12H18Br2N6O2. The van der Waals surface area contributed by atoms with Gasteiger partial charge in [-0.1, -0.05) is 0 Å². The van der Waals surface area contributed by atoms with E-state index in [1.165, 1.54) is 0 Å². The summed E-state index contributed by atoms with van der Waals surface area (Å²) < 4.78 is 0.352. The fourth-order valence-electron chi connectivity index (χ4n) is 1.26. The van der Waals surface area contributed by atoms with Crippen molar-refractivity contribution in [3.63, 3.8) is 0 Å². The Morgan fingerprint density at radius 1 is 0.773 bits per heavy atom. The van der Waals surface area contributed by atoms with Gasteiger partial charge in [0.25, 0.3) is 0 Å². The molecule has 0 aliphatic heterocycles. The van der Waals surface area contributed by atoms with Crippen molar-refractivity contribution in [3.8, 4) is 0 Å². The molecule has 0 aliphatic carbocycles. The first kappa shape index (κ1) is 18.9. The minimum absolute atomic E-state index is 0.113. The van der Waals surface area contributed by atoms with Gasteiger partial charge in [-0.25, -0.2) is 4.98 Å². The van der Waals surface area contributed by atoms with Gasteiger partial charge in [0.1, 0.15) is 0 Å². The molecule has 0 radical (unpaired) electrons. The van der Waals surface area contributed by atoms with Gasteiger partial charge in [-0.15, -0.1) is 19.9 Å². The maximum Gasteiger partial charge on any atom is 0.384 e. The van der Waals surface area contributed by atoms with E-state index in [4.69, 9.17) is 0 Å². The highest BCUT2D eigenvalue weighted by molar-refractivity contribution is 9.11. The molecule has 0 saturated heterocycles. The first-order chi connectivity index (χ1) is 9.80. The van der Waals surface area contributed by atoms with Crippen molar-refractivity contribution in [3.05, 3.63) is 19.6 Å². The normalized spacial score (nSPS) is 14.4. The summed E-state index contributed by atoms with van der Waals surface area (Å²) in [6.45, 7) is 10.6. The van der Waals surface area contributed by atoms with Crippen LogP contribution in [0.3, 0.4) is 0 Å². The summed E-state index contributed by atoms with van der Waals surface area (Å²) in [6.07, 6.45) is 0. The fraction of sp³-hybridized carbons (Fsp3) is 0.667. The van der Waals surface area contributed by atoms with E-state index in [2.05, 4.69) is 52.1 Å². The molecule has 1 aromatic rings. The molecule has 0 amide bonds. The summed E-state index contributed by atoms with van der Waals surface area (Å²) in [6, 6.07) is 0. The molecule has 22 heavy (non-hydrogen) atoms.